The first-order chi connectivity index (χ1) is 14.5. The van der Waals surface area contributed by atoms with Gasteiger partial charge in [0.1, 0.15) is 0 Å². The van der Waals surface area contributed by atoms with Gasteiger partial charge in [0.05, 0.1) is 0 Å². The first-order valence-corrected chi connectivity index (χ1v) is 10.5. The average Bonchev–Trinajstić information content (AvgIpc) is 3.28. The van der Waals surface area contributed by atoms with Crippen molar-refractivity contribution in [3.8, 4) is 0 Å². The number of benzene rings is 1. The lowest BCUT2D eigenvalue weighted by Gasteiger charge is -2.38. The number of nitrogens with zero attached hydrogens (tertiary/aromatic N) is 4. The molecule has 5 rings (SSSR count). The third kappa shape index (κ3) is 3.36. The van der Waals surface area contributed by atoms with Crippen LogP contribution in [0.15, 0.2) is 55.0 Å². The van der Waals surface area contributed by atoms with Crippen LogP contribution in [0.1, 0.15) is 35.2 Å². The topological polar surface area (TPSA) is 58.4 Å². The molecule has 4 heterocycles. The SMILES string of the molecule is Cn1ccc2cc(C(=O)N3CCC4(CC3)CC(=O)N(Cc3ccncc3)C4)ccc21. The Labute approximate surface area is 176 Å². The van der Waals surface area contributed by atoms with E-state index in [1.165, 1.54) is 0 Å². The zero-order valence-corrected chi connectivity index (χ0v) is 17.3. The standard InChI is InChI=1S/C24H26N4O2/c1-26-11-6-19-14-20(2-3-21(19)26)23(30)27-12-7-24(8-13-27)15-22(29)28(17-24)16-18-4-9-25-10-5-18/h2-6,9-11,14H,7-8,12-13,15-17H2,1H3. The first kappa shape index (κ1) is 18.9. The van der Waals surface area contributed by atoms with E-state index in [4.69, 9.17) is 0 Å². The Hall–Kier alpha value is -3.15. The van der Waals surface area contributed by atoms with Crippen molar-refractivity contribution in [3.05, 3.63) is 66.1 Å². The Morgan fingerprint density at radius 2 is 1.87 bits per heavy atom. The predicted molar refractivity (Wildman–Crippen MR) is 115 cm³/mol. The van der Waals surface area contributed by atoms with Crippen LogP contribution in [-0.2, 0) is 18.4 Å². The van der Waals surface area contributed by atoms with Gasteiger partial charge in [-0.25, -0.2) is 0 Å². The van der Waals surface area contributed by atoms with Gasteiger partial charge in [-0.3, -0.25) is 14.6 Å². The van der Waals surface area contributed by atoms with E-state index in [2.05, 4.69) is 9.55 Å². The van der Waals surface area contributed by atoms with Gasteiger partial charge in [-0.2, -0.15) is 0 Å². The minimum atomic E-state index is 0.00424. The molecule has 0 unspecified atom stereocenters. The van der Waals surface area contributed by atoms with Crippen molar-refractivity contribution in [2.75, 3.05) is 19.6 Å². The molecule has 0 bridgehead atoms. The molecule has 2 aromatic heterocycles. The van der Waals surface area contributed by atoms with Crippen LogP contribution in [0, 0.1) is 5.41 Å². The molecule has 2 amide bonds. The summed E-state index contributed by atoms with van der Waals surface area (Å²) in [5, 5.41) is 1.09. The number of amides is 2. The fourth-order valence-corrected chi connectivity index (χ4v) is 4.95. The third-order valence-electron chi connectivity index (χ3n) is 6.77. The fraction of sp³-hybridized carbons (Fsp3) is 0.375. The van der Waals surface area contributed by atoms with Crippen LogP contribution < -0.4 is 0 Å². The van der Waals surface area contributed by atoms with Crippen molar-refractivity contribution in [1.29, 1.82) is 0 Å². The molecular formula is C24H26N4O2. The zero-order chi connectivity index (χ0) is 20.7. The second-order valence-electron chi connectivity index (χ2n) is 8.77. The number of fused-ring (bicyclic) bond motifs is 1. The Kier molecular flexibility index (Phi) is 4.57. The van der Waals surface area contributed by atoms with E-state index >= 15 is 0 Å². The van der Waals surface area contributed by atoms with Gasteiger partial charge in [0, 0.05) is 80.1 Å². The highest BCUT2D eigenvalue weighted by Gasteiger charge is 2.45. The summed E-state index contributed by atoms with van der Waals surface area (Å²) in [5.74, 6) is 0.315. The number of carbonyl (C=O) groups is 2. The molecule has 0 radical (unpaired) electrons. The van der Waals surface area contributed by atoms with Crippen LogP contribution in [0.3, 0.4) is 0 Å². The molecule has 6 heteroatoms. The molecule has 0 aliphatic carbocycles. The van der Waals surface area contributed by atoms with Gasteiger partial charge in [-0.1, -0.05) is 0 Å². The Morgan fingerprint density at radius 1 is 1.10 bits per heavy atom. The van der Waals surface area contributed by atoms with Crippen molar-refractivity contribution in [2.24, 2.45) is 12.5 Å². The van der Waals surface area contributed by atoms with Crippen molar-refractivity contribution in [2.45, 2.75) is 25.8 Å². The van der Waals surface area contributed by atoms with E-state index in [1.54, 1.807) is 12.4 Å². The minimum absolute atomic E-state index is 0.00424. The molecule has 1 aromatic carbocycles. The molecule has 2 aliphatic heterocycles. The van der Waals surface area contributed by atoms with Gasteiger partial charge in [-0.05, 0) is 54.8 Å². The van der Waals surface area contributed by atoms with E-state index in [9.17, 15) is 9.59 Å². The summed E-state index contributed by atoms with van der Waals surface area (Å²) in [4.78, 5) is 33.7. The van der Waals surface area contributed by atoms with Crippen LogP contribution in [-0.4, -0.2) is 50.8 Å². The van der Waals surface area contributed by atoms with Gasteiger partial charge in [-0.15, -0.1) is 0 Å². The monoisotopic (exact) mass is 402 g/mol. The smallest absolute Gasteiger partial charge is 0.253 e. The molecule has 0 atom stereocenters. The maximum Gasteiger partial charge on any atom is 0.253 e. The lowest BCUT2D eigenvalue weighted by atomic mass is 9.77. The van der Waals surface area contributed by atoms with E-state index in [-0.39, 0.29) is 17.2 Å². The summed E-state index contributed by atoms with van der Waals surface area (Å²) >= 11 is 0. The number of hydrogen-bond donors (Lipinski definition) is 0. The summed E-state index contributed by atoms with van der Waals surface area (Å²) in [5.41, 5.74) is 2.98. The molecule has 3 aromatic rings. The molecule has 2 aliphatic rings. The highest BCUT2D eigenvalue weighted by molar-refractivity contribution is 5.98. The zero-order valence-electron chi connectivity index (χ0n) is 17.3. The lowest BCUT2D eigenvalue weighted by molar-refractivity contribution is -0.128. The molecule has 1 spiro atoms. The highest BCUT2D eigenvalue weighted by Crippen LogP contribution is 2.41. The number of pyridine rings is 1. The second-order valence-corrected chi connectivity index (χ2v) is 8.77. The normalized spacial score (nSPS) is 18.5. The molecule has 0 N–H and O–H groups in total. The minimum Gasteiger partial charge on any atom is -0.351 e. The predicted octanol–water partition coefficient (Wildman–Crippen LogP) is 3.23. The number of rotatable bonds is 3. The van der Waals surface area contributed by atoms with E-state index in [0.29, 0.717) is 26.1 Å². The van der Waals surface area contributed by atoms with Crippen LogP contribution >= 0.6 is 0 Å². The van der Waals surface area contributed by atoms with Gasteiger partial charge in [0.2, 0.25) is 5.91 Å². The van der Waals surface area contributed by atoms with Gasteiger partial charge in [0.25, 0.3) is 5.91 Å². The second kappa shape index (κ2) is 7.27. The van der Waals surface area contributed by atoms with Gasteiger partial charge < -0.3 is 14.4 Å². The van der Waals surface area contributed by atoms with Crippen molar-refractivity contribution in [1.82, 2.24) is 19.4 Å². The largest absolute Gasteiger partial charge is 0.351 e. The maximum absolute atomic E-state index is 13.1. The van der Waals surface area contributed by atoms with Crippen LogP contribution in [0.25, 0.3) is 10.9 Å². The fourth-order valence-electron chi connectivity index (χ4n) is 4.95. The number of aromatic nitrogens is 2. The molecule has 30 heavy (non-hydrogen) atoms. The number of aryl methyl sites for hydroxylation is 1. The number of hydrogen-bond acceptors (Lipinski definition) is 3. The third-order valence-corrected chi connectivity index (χ3v) is 6.77. The summed E-state index contributed by atoms with van der Waals surface area (Å²) in [6.45, 7) is 2.85. The number of carbonyl (C=O) groups excluding carboxylic acids is 2. The van der Waals surface area contributed by atoms with Crippen LogP contribution in [0.5, 0.6) is 0 Å². The Balaban J connectivity index is 1.24. The Morgan fingerprint density at radius 3 is 2.63 bits per heavy atom. The summed E-state index contributed by atoms with van der Waals surface area (Å²) in [7, 11) is 2.01. The first-order valence-electron chi connectivity index (χ1n) is 10.5. The van der Waals surface area contributed by atoms with Gasteiger partial charge >= 0.3 is 0 Å². The van der Waals surface area contributed by atoms with E-state index in [1.807, 2.05) is 59.4 Å². The van der Waals surface area contributed by atoms with Gasteiger partial charge in [0.15, 0.2) is 0 Å². The molecule has 154 valence electrons. The summed E-state index contributed by atoms with van der Waals surface area (Å²) < 4.78 is 2.06. The molecule has 2 saturated heterocycles. The van der Waals surface area contributed by atoms with Crippen molar-refractivity contribution in [3.63, 3.8) is 0 Å². The van der Waals surface area contributed by atoms with Crippen LogP contribution in [0.4, 0.5) is 0 Å². The quantitative estimate of drug-likeness (QED) is 0.676. The van der Waals surface area contributed by atoms with Crippen LogP contribution in [0.2, 0.25) is 0 Å². The van der Waals surface area contributed by atoms with Crippen molar-refractivity contribution < 1.29 is 9.59 Å². The highest BCUT2D eigenvalue weighted by atomic mass is 16.2. The average molecular weight is 402 g/mol. The maximum atomic E-state index is 13.1. The lowest BCUT2D eigenvalue weighted by Crippen LogP contribution is -2.44. The molecule has 2 fully saturated rings. The van der Waals surface area contributed by atoms with Crippen molar-refractivity contribution >= 4 is 22.7 Å². The molecular weight excluding hydrogens is 376 g/mol. The number of piperidine rings is 1. The van der Waals surface area contributed by atoms with E-state index in [0.717, 1.165) is 41.4 Å². The Bertz CT molecular complexity index is 1100. The molecule has 6 nitrogen and oxygen atoms in total. The number of likely N-dealkylation sites (tertiary alicyclic amines) is 2. The summed E-state index contributed by atoms with van der Waals surface area (Å²) in [6, 6.07) is 11.9. The summed E-state index contributed by atoms with van der Waals surface area (Å²) in [6.07, 6.45) is 7.90. The van der Waals surface area contributed by atoms with E-state index < -0.39 is 0 Å². The molecule has 0 saturated carbocycles.